The van der Waals surface area contributed by atoms with E-state index in [0.717, 1.165) is 0 Å². The molecule has 202 valence electrons. The number of alkyl halides is 2. The van der Waals surface area contributed by atoms with E-state index < -0.39 is 36.7 Å². The second-order valence-electron chi connectivity index (χ2n) is 7.06. The van der Waals surface area contributed by atoms with Crippen molar-refractivity contribution >= 4 is 37.8 Å². The van der Waals surface area contributed by atoms with Crippen LogP contribution in [0.2, 0.25) is 0 Å². The molecule has 0 aliphatic heterocycles. The molecule has 2 aromatic heterocycles. The fraction of sp³-hybridized carbons (Fsp3) is 0.500. The van der Waals surface area contributed by atoms with Gasteiger partial charge in [-0.3, -0.25) is 9.97 Å². The molecule has 2 heterocycles. The summed E-state index contributed by atoms with van der Waals surface area (Å²) in [4.78, 5) is 17.1. The molecule has 0 spiro atoms. The fourth-order valence-electron chi connectivity index (χ4n) is 1.82. The molecule has 0 aliphatic carbocycles. The van der Waals surface area contributed by atoms with Gasteiger partial charge in [-0.25, -0.2) is 4.79 Å². The topological polar surface area (TPSA) is 184 Å². The van der Waals surface area contributed by atoms with E-state index in [1.54, 1.807) is 52.1 Å². The molecule has 0 saturated heterocycles. The summed E-state index contributed by atoms with van der Waals surface area (Å²) in [6.07, 6.45) is 2.46. The van der Waals surface area contributed by atoms with E-state index in [1.807, 2.05) is 0 Å². The van der Waals surface area contributed by atoms with E-state index in [0.29, 0.717) is 5.56 Å². The number of carboxylic acids is 1. The first-order valence-electron chi connectivity index (χ1n) is 10.1. The van der Waals surface area contributed by atoms with Crippen LogP contribution >= 0.6 is 31.9 Å². The molecule has 7 N–H and O–H groups in total. The van der Waals surface area contributed by atoms with Crippen molar-refractivity contribution in [3.8, 4) is 0 Å². The summed E-state index contributed by atoms with van der Waals surface area (Å²) >= 11 is 6.21. The van der Waals surface area contributed by atoms with Gasteiger partial charge < -0.3 is 35.7 Å². The maximum Gasteiger partial charge on any atom is 0.337 e. The first kappa shape index (κ1) is 38.6. The smallest absolute Gasteiger partial charge is 0.337 e. The maximum absolute atomic E-state index is 10.2. The fourth-order valence-corrected chi connectivity index (χ4v) is 1.82. The van der Waals surface area contributed by atoms with Crippen LogP contribution in [0.5, 0.6) is 0 Å². The summed E-state index contributed by atoms with van der Waals surface area (Å²) in [5, 5.41) is 60.6. The third-order valence-electron chi connectivity index (χ3n) is 3.73. The third kappa shape index (κ3) is 21.0. The van der Waals surface area contributed by atoms with Crippen LogP contribution < -0.4 is 0 Å². The minimum absolute atomic E-state index is 0. The Morgan fingerprint density at radius 2 is 1.11 bits per heavy atom. The van der Waals surface area contributed by atoms with Gasteiger partial charge in [-0.15, -0.1) is 0 Å². The summed E-state index contributed by atoms with van der Waals surface area (Å²) in [5.41, 5.74) is 0.634. The quantitative estimate of drug-likeness (QED) is 0.132. The molecule has 0 saturated carbocycles. The number of aliphatic hydroxyl groups is 6. The number of rotatable bonds is 6. The molecule has 0 aliphatic rings. The number of nitrogens with zero attached hydrogens (tertiary/aromatic N) is 2. The monoisotopic (exact) mass is 714 g/mol. The third-order valence-corrected chi connectivity index (χ3v) is 6.79. The average Bonchev–Trinajstić information content (AvgIpc) is 2.80. The standard InChI is InChI=1S/C6H7NO2.C6H5NO2.2C5H11BrO2.Ru/c2*8-6(9)5-2-1-3-7-4-5;2*1-3(7)5(6)4(2)8;/h1-4,6,8-9H;1-4H,(H,8,9);2*3-5,7-8H,1-2H3;. The summed E-state index contributed by atoms with van der Waals surface area (Å²) in [5.74, 6) is -0.942. The summed E-state index contributed by atoms with van der Waals surface area (Å²) in [6, 6.07) is 6.32. The summed E-state index contributed by atoms with van der Waals surface area (Å²) in [6.45, 7) is 6.52. The number of carbonyl (C=O) groups is 1. The zero-order valence-electron chi connectivity index (χ0n) is 19.7. The Kier molecular flexibility index (Phi) is 24.6. The van der Waals surface area contributed by atoms with Crippen molar-refractivity contribution in [2.24, 2.45) is 0 Å². The zero-order chi connectivity index (χ0) is 26.8. The van der Waals surface area contributed by atoms with Crippen LogP contribution in [-0.2, 0) is 19.5 Å². The molecule has 4 unspecified atom stereocenters. The number of hydrogen-bond donors (Lipinski definition) is 7. The van der Waals surface area contributed by atoms with E-state index in [2.05, 4.69) is 41.8 Å². The number of aromatic carboxylic acids is 1. The van der Waals surface area contributed by atoms with Crippen LogP contribution in [0.4, 0.5) is 0 Å². The van der Waals surface area contributed by atoms with Gasteiger partial charge in [0.25, 0.3) is 0 Å². The van der Waals surface area contributed by atoms with Gasteiger partial charge in [0.15, 0.2) is 6.29 Å². The summed E-state index contributed by atoms with van der Waals surface area (Å²) in [7, 11) is 0. The van der Waals surface area contributed by atoms with Crippen molar-refractivity contribution in [1.29, 1.82) is 0 Å². The normalized spacial score (nSPS) is 15.0. The van der Waals surface area contributed by atoms with Gasteiger partial charge >= 0.3 is 5.97 Å². The van der Waals surface area contributed by atoms with Gasteiger partial charge in [-0.2, -0.15) is 0 Å². The molecule has 10 nitrogen and oxygen atoms in total. The van der Waals surface area contributed by atoms with E-state index >= 15 is 0 Å². The number of pyridine rings is 2. The van der Waals surface area contributed by atoms with Crippen LogP contribution in [0, 0.1) is 0 Å². The Bertz CT molecular complexity index is 724. The predicted molar refractivity (Wildman–Crippen MR) is 135 cm³/mol. The maximum atomic E-state index is 10.2. The predicted octanol–water partition coefficient (Wildman–Crippen LogP) is 1.87. The molecule has 2 rings (SSSR count). The van der Waals surface area contributed by atoms with E-state index in [9.17, 15) is 4.79 Å². The van der Waals surface area contributed by atoms with Crippen molar-refractivity contribution in [3.05, 3.63) is 60.2 Å². The molecule has 0 radical (unpaired) electrons. The van der Waals surface area contributed by atoms with E-state index in [4.69, 9.17) is 35.7 Å². The molecule has 0 bridgehead atoms. The second-order valence-corrected chi connectivity index (χ2v) is 9.17. The Balaban J connectivity index is -0.000000387. The minimum atomic E-state index is -1.40. The van der Waals surface area contributed by atoms with Gasteiger partial charge in [0, 0.05) is 49.8 Å². The van der Waals surface area contributed by atoms with Gasteiger partial charge in [0.1, 0.15) is 0 Å². The first-order valence-corrected chi connectivity index (χ1v) is 11.9. The van der Waals surface area contributed by atoms with Gasteiger partial charge in [-0.1, -0.05) is 37.9 Å². The SMILES string of the molecule is CC(O)C(Br)C(C)O.CC(O)C(Br)C(C)O.O=C(O)c1cccnc1.OC(O)c1cccnc1.[Ru]. The largest absolute Gasteiger partial charge is 0.478 e. The van der Waals surface area contributed by atoms with Crippen LogP contribution in [0.15, 0.2) is 49.1 Å². The van der Waals surface area contributed by atoms with E-state index in [-0.39, 0.29) is 34.7 Å². The number of hydrogen-bond acceptors (Lipinski definition) is 9. The second kappa shape index (κ2) is 22.3. The molecule has 0 aromatic carbocycles. The van der Waals surface area contributed by atoms with Gasteiger partial charge in [-0.05, 0) is 45.9 Å². The number of carboxylic acid groups (broad SMARTS) is 1. The molecular formula is C22H34Br2N2O8Ru. The van der Waals surface area contributed by atoms with Crippen LogP contribution in [-0.4, -0.2) is 85.8 Å². The van der Waals surface area contributed by atoms with Crippen molar-refractivity contribution in [1.82, 2.24) is 9.97 Å². The van der Waals surface area contributed by atoms with Crippen LogP contribution in [0.25, 0.3) is 0 Å². The molecule has 0 fully saturated rings. The molecule has 2 aromatic rings. The molecule has 13 heteroatoms. The summed E-state index contributed by atoms with van der Waals surface area (Å²) < 4.78 is 0. The Hall–Kier alpha value is -0.887. The molecule has 0 amide bonds. The Morgan fingerprint density at radius 1 is 0.743 bits per heavy atom. The first-order chi connectivity index (χ1) is 15.7. The van der Waals surface area contributed by atoms with Crippen molar-refractivity contribution < 1.29 is 60.0 Å². The molecule has 35 heavy (non-hydrogen) atoms. The number of aliphatic hydroxyl groups excluding tert-OH is 5. The van der Waals surface area contributed by atoms with Crippen molar-refractivity contribution in [2.45, 2.75) is 68.1 Å². The molecular weight excluding hydrogens is 681 g/mol. The Morgan fingerprint density at radius 3 is 1.26 bits per heavy atom. The van der Waals surface area contributed by atoms with Crippen molar-refractivity contribution in [2.75, 3.05) is 0 Å². The minimum Gasteiger partial charge on any atom is -0.478 e. The van der Waals surface area contributed by atoms with Gasteiger partial charge in [0.2, 0.25) is 0 Å². The van der Waals surface area contributed by atoms with Crippen LogP contribution in [0.1, 0.15) is 49.9 Å². The Labute approximate surface area is 235 Å². The van der Waals surface area contributed by atoms with Gasteiger partial charge in [0.05, 0.1) is 39.6 Å². The van der Waals surface area contributed by atoms with Crippen molar-refractivity contribution in [3.63, 3.8) is 0 Å². The number of aromatic nitrogens is 2. The van der Waals surface area contributed by atoms with Crippen LogP contribution in [0.3, 0.4) is 0 Å². The van der Waals surface area contributed by atoms with E-state index in [1.165, 1.54) is 24.7 Å². The molecule has 4 atom stereocenters. The zero-order valence-corrected chi connectivity index (χ0v) is 24.6. The number of halogens is 2. The average molecular weight is 715 g/mol.